The van der Waals surface area contributed by atoms with E-state index in [2.05, 4.69) is 15.4 Å². The molecule has 2 aromatic rings. The van der Waals surface area contributed by atoms with E-state index in [9.17, 15) is 4.79 Å². The van der Waals surface area contributed by atoms with Crippen molar-refractivity contribution in [1.82, 2.24) is 20.1 Å². The van der Waals surface area contributed by atoms with Crippen LogP contribution in [-0.2, 0) is 16.9 Å². The van der Waals surface area contributed by atoms with Gasteiger partial charge in [-0.25, -0.2) is 9.67 Å². The van der Waals surface area contributed by atoms with Crippen LogP contribution in [0.2, 0.25) is 5.02 Å². The summed E-state index contributed by atoms with van der Waals surface area (Å²) in [6.45, 7) is 0.190. The smallest absolute Gasteiger partial charge is 0.242 e. The molecule has 5 nitrogen and oxygen atoms in total. The van der Waals surface area contributed by atoms with Crippen molar-refractivity contribution in [3.8, 4) is 0 Å². The highest BCUT2D eigenvalue weighted by Crippen LogP contribution is 2.37. The molecule has 0 aliphatic heterocycles. The Balaban J connectivity index is 1.79. The minimum atomic E-state index is -0.291. The predicted octanol–water partition coefficient (Wildman–Crippen LogP) is 2.91. The Kier molecular flexibility index (Phi) is 4.43. The summed E-state index contributed by atoms with van der Waals surface area (Å²) in [6, 6.07) is 7.81. The molecular formula is C16H19ClN4O. The molecule has 1 aliphatic rings. The second-order valence-electron chi connectivity index (χ2n) is 5.79. The minimum absolute atomic E-state index is 0.0395. The lowest BCUT2D eigenvalue weighted by atomic mass is 9.76. The van der Waals surface area contributed by atoms with Gasteiger partial charge in [0.05, 0.1) is 5.54 Å². The second kappa shape index (κ2) is 6.48. The number of nitrogens with zero attached hydrogens (tertiary/aromatic N) is 3. The minimum Gasteiger partial charge on any atom is -0.345 e. The van der Waals surface area contributed by atoms with E-state index in [1.54, 1.807) is 6.33 Å². The fourth-order valence-corrected chi connectivity index (χ4v) is 3.30. The van der Waals surface area contributed by atoms with Crippen LogP contribution < -0.4 is 5.32 Å². The maximum Gasteiger partial charge on any atom is 0.242 e. The molecular weight excluding hydrogens is 300 g/mol. The molecule has 3 rings (SSSR count). The molecule has 1 saturated carbocycles. The summed E-state index contributed by atoms with van der Waals surface area (Å²) in [5.41, 5.74) is 0.837. The number of amides is 1. The van der Waals surface area contributed by atoms with Crippen molar-refractivity contribution in [2.45, 2.75) is 44.2 Å². The van der Waals surface area contributed by atoms with Gasteiger partial charge in [0.15, 0.2) is 0 Å². The predicted molar refractivity (Wildman–Crippen MR) is 84.4 cm³/mol. The average Bonchev–Trinajstić information content (AvgIpc) is 3.01. The summed E-state index contributed by atoms with van der Waals surface area (Å²) in [4.78, 5) is 16.3. The first-order valence-corrected chi connectivity index (χ1v) is 7.95. The lowest BCUT2D eigenvalue weighted by Gasteiger charge is -2.38. The maximum absolute atomic E-state index is 12.4. The van der Waals surface area contributed by atoms with Gasteiger partial charge in [-0.2, -0.15) is 5.10 Å². The third-order valence-corrected chi connectivity index (χ3v) is 4.51. The number of hydrogen-bond donors (Lipinski definition) is 1. The second-order valence-corrected chi connectivity index (χ2v) is 6.23. The van der Waals surface area contributed by atoms with Gasteiger partial charge in [-0.05, 0) is 30.5 Å². The molecule has 1 heterocycles. The number of benzene rings is 1. The molecule has 1 amide bonds. The Labute approximate surface area is 134 Å². The summed E-state index contributed by atoms with van der Waals surface area (Å²) >= 11 is 5.99. The number of rotatable bonds is 4. The van der Waals surface area contributed by atoms with Gasteiger partial charge in [0, 0.05) is 5.02 Å². The molecule has 6 heteroatoms. The van der Waals surface area contributed by atoms with Gasteiger partial charge in [-0.15, -0.1) is 0 Å². The number of nitrogens with one attached hydrogen (secondary N) is 1. The average molecular weight is 319 g/mol. The molecule has 116 valence electrons. The summed E-state index contributed by atoms with van der Waals surface area (Å²) in [5, 5.41) is 7.93. The van der Waals surface area contributed by atoms with Crippen molar-refractivity contribution in [2.24, 2.45) is 0 Å². The Bertz CT molecular complexity index is 618. The quantitative estimate of drug-likeness (QED) is 0.943. The van der Waals surface area contributed by atoms with Gasteiger partial charge >= 0.3 is 0 Å². The van der Waals surface area contributed by atoms with Crippen LogP contribution >= 0.6 is 11.6 Å². The number of carbonyl (C=O) groups is 1. The van der Waals surface area contributed by atoms with Crippen LogP contribution in [0.25, 0.3) is 0 Å². The van der Waals surface area contributed by atoms with Crippen molar-refractivity contribution in [3.63, 3.8) is 0 Å². The lowest BCUT2D eigenvalue weighted by Crippen LogP contribution is -2.48. The van der Waals surface area contributed by atoms with Crippen LogP contribution in [0.3, 0.4) is 0 Å². The van der Waals surface area contributed by atoms with Crippen LogP contribution in [-0.4, -0.2) is 20.7 Å². The third-order valence-electron chi connectivity index (χ3n) is 4.25. The van der Waals surface area contributed by atoms with Crippen molar-refractivity contribution >= 4 is 17.5 Å². The Hall–Kier alpha value is -1.88. The fourth-order valence-electron chi connectivity index (χ4n) is 3.18. The zero-order valence-corrected chi connectivity index (χ0v) is 13.1. The van der Waals surface area contributed by atoms with Crippen LogP contribution in [0.1, 0.15) is 37.7 Å². The largest absolute Gasteiger partial charge is 0.345 e. The molecule has 0 spiro atoms. The van der Waals surface area contributed by atoms with E-state index in [0.717, 1.165) is 31.2 Å². The molecule has 0 atom stereocenters. The van der Waals surface area contributed by atoms with Crippen LogP contribution in [0, 0.1) is 0 Å². The number of aromatic nitrogens is 3. The van der Waals surface area contributed by atoms with Crippen molar-refractivity contribution in [3.05, 3.63) is 47.5 Å². The maximum atomic E-state index is 12.4. The Morgan fingerprint density at radius 2 is 1.95 bits per heavy atom. The summed E-state index contributed by atoms with van der Waals surface area (Å²) < 4.78 is 1.54. The normalized spacial score (nSPS) is 17.1. The molecule has 1 aromatic heterocycles. The zero-order valence-electron chi connectivity index (χ0n) is 12.3. The summed E-state index contributed by atoms with van der Waals surface area (Å²) in [5.74, 6) is -0.0395. The number of carbonyl (C=O) groups excluding carboxylic acids is 1. The first kappa shape index (κ1) is 15.0. The first-order chi connectivity index (χ1) is 10.7. The van der Waals surface area contributed by atoms with E-state index in [1.165, 1.54) is 17.4 Å². The fraction of sp³-hybridized carbons (Fsp3) is 0.438. The van der Waals surface area contributed by atoms with Crippen molar-refractivity contribution in [2.75, 3.05) is 0 Å². The van der Waals surface area contributed by atoms with Crippen LogP contribution in [0.15, 0.2) is 36.9 Å². The molecule has 1 fully saturated rings. The van der Waals surface area contributed by atoms with E-state index in [0.29, 0.717) is 5.02 Å². The van der Waals surface area contributed by atoms with Gasteiger partial charge in [0.2, 0.25) is 5.91 Å². The van der Waals surface area contributed by atoms with Crippen molar-refractivity contribution < 1.29 is 4.79 Å². The molecule has 0 saturated heterocycles. The van der Waals surface area contributed by atoms with E-state index >= 15 is 0 Å². The Morgan fingerprint density at radius 1 is 1.23 bits per heavy atom. The van der Waals surface area contributed by atoms with Gasteiger partial charge in [-0.1, -0.05) is 43.0 Å². The molecule has 0 bridgehead atoms. The Morgan fingerprint density at radius 3 is 2.59 bits per heavy atom. The van der Waals surface area contributed by atoms with Crippen LogP contribution in [0.4, 0.5) is 0 Å². The van der Waals surface area contributed by atoms with E-state index in [-0.39, 0.29) is 18.0 Å². The van der Waals surface area contributed by atoms with Gasteiger partial charge in [0.25, 0.3) is 0 Å². The third kappa shape index (κ3) is 3.30. The topological polar surface area (TPSA) is 59.8 Å². The van der Waals surface area contributed by atoms with Gasteiger partial charge < -0.3 is 5.32 Å². The molecule has 1 aromatic carbocycles. The van der Waals surface area contributed by atoms with E-state index < -0.39 is 0 Å². The van der Waals surface area contributed by atoms with Crippen LogP contribution in [0.5, 0.6) is 0 Å². The molecule has 1 aliphatic carbocycles. The number of hydrogen-bond acceptors (Lipinski definition) is 3. The van der Waals surface area contributed by atoms with Gasteiger partial charge in [-0.3, -0.25) is 4.79 Å². The van der Waals surface area contributed by atoms with E-state index in [1.807, 2.05) is 24.3 Å². The molecule has 0 unspecified atom stereocenters. The highest BCUT2D eigenvalue weighted by Gasteiger charge is 2.35. The summed E-state index contributed by atoms with van der Waals surface area (Å²) in [6.07, 6.45) is 8.35. The lowest BCUT2D eigenvalue weighted by molar-refractivity contribution is -0.124. The highest BCUT2D eigenvalue weighted by atomic mass is 35.5. The molecule has 22 heavy (non-hydrogen) atoms. The zero-order chi connectivity index (χ0) is 15.4. The monoisotopic (exact) mass is 318 g/mol. The van der Waals surface area contributed by atoms with Gasteiger partial charge in [0.1, 0.15) is 19.2 Å². The molecule has 0 radical (unpaired) electrons. The van der Waals surface area contributed by atoms with E-state index in [4.69, 9.17) is 11.6 Å². The molecule has 1 N–H and O–H groups in total. The van der Waals surface area contributed by atoms with Crippen molar-refractivity contribution in [1.29, 1.82) is 0 Å². The summed E-state index contributed by atoms with van der Waals surface area (Å²) in [7, 11) is 0. The number of halogens is 1. The first-order valence-electron chi connectivity index (χ1n) is 7.57. The standard InChI is InChI=1S/C16H19ClN4O/c17-14-6-4-13(5-7-14)16(8-2-1-3-9-16)20-15(22)10-21-12-18-11-19-21/h4-7,11-12H,1-3,8-10H2,(H,20,22). The SMILES string of the molecule is O=C(Cn1cncn1)NC1(c2ccc(Cl)cc2)CCCCC1. The highest BCUT2D eigenvalue weighted by molar-refractivity contribution is 6.30.